The van der Waals surface area contributed by atoms with Gasteiger partial charge in [-0.3, -0.25) is 0 Å². The van der Waals surface area contributed by atoms with E-state index in [9.17, 15) is 8.42 Å². The lowest BCUT2D eigenvalue weighted by Crippen LogP contribution is -2.28. The Kier molecular flexibility index (Phi) is 5.23. The summed E-state index contributed by atoms with van der Waals surface area (Å²) < 4.78 is 27.0. The molecule has 6 heteroatoms. The van der Waals surface area contributed by atoms with Gasteiger partial charge in [0.05, 0.1) is 0 Å². The molecule has 1 aromatic heterocycles. The van der Waals surface area contributed by atoms with Crippen LogP contribution < -0.4 is 5.32 Å². The normalized spacial score (nSPS) is 16.0. The standard InChI is InChI=1S/C14H24N2O2S2/c1-4-7-15-9-13-11(2)8-14(19-13)20(17,18)16(3)10-12-5-6-12/h8,12,15H,4-7,9-10H2,1-3H3. The fourth-order valence-corrected chi connectivity index (χ4v) is 5.10. The van der Waals surface area contributed by atoms with Gasteiger partial charge in [0.1, 0.15) is 4.21 Å². The molecule has 0 amide bonds. The van der Waals surface area contributed by atoms with Crippen molar-refractivity contribution in [3.63, 3.8) is 0 Å². The van der Waals surface area contributed by atoms with Gasteiger partial charge in [0.25, 0.3) is 10.0 Å². The second kappa shape index (κ2) is 6.56. The molecule has 0 bridgehead atoms. The van der Waals surface area contributed by atoms with Crippen molar-refractivity contribution in [1.29, 1.82) is 0 Å². The third-order valence-corrected chi connectivity index (χ3v) is 7.10. The number of hydrogen-bond donors (Lipinski definition) is 1. The highest BCUT2D eigenvalue weighted by Crippen LogP contribution is 2.33. The molecule has 114 valence electrons. The molecule has 0 spiro atoms. The zero-order valence-corrected chi connectivity index (χ0v) is 14.1. The first kappa shape index (κ1) is 15.9. The minimum atomic E-state index is -3.30. The lowest BCUT2D eigenvalue weighted by atomic mass is 10.3. The number of aryl methyl sites for hydroxylation is 1. The van der Waals surface area contributed by atoms with Gasteiger partial charge in [-0.15, -0.1) is 11.3 Å². The highest BCUT2D eigenvalue weighted by molar-refractivity contribution is 7.91. The van der Waals surface area contributed by atoms with E-state index < -0.39 is 10.0 Å². The van der Waals surface area contributed by atoms with E-state index in [1.807, 2.05) is 13.0 Å². The smallest absolute Gasteiger partial charge is 0.252 e. The first-order valence-corrected chi connectivity index (χ1v) is 9.47. The highest BCUT2D eigenvalue weighted by Gasteiger charge is 2.30. The zero-order chi connectivity index (χ0) is 14.8. The van der Waals surface area contributed by atoms with E-state index in [4.69, 9.17) is 0 Å². The van der Waals surface area contributed by atoms with Crippen LogP contribution in [0.5, 0.6) is 0 Å². The SMILES string of the molecule is CCCNCc1sc(S(=O)(=O)N(C)CC2CC2)cc1C. The lowest BCUT2D eigenvalue weighted by molar-refractivity contribution is 0.454. The Morgan fingerprint density at radius 1 is 1.45 bits per heavy atom. The molecule has 2 rings (SSSR count). The van der Waals surface area contributed by atoms with Gasteiger partial charge in [0.15, 0.2) is 0 Å². The maximum absolute atomic E-state index is 12.5. The van der Waals surface area contributed by atoms with E-state index in [-0.39, 0.29) is 0 Å². The maximum atomic E-state index is 12.5. The summed E-state index contributed by atoms with van der Waals surface area (Å²) in [5, 5.41) is 3.33. The second-order valence-corrected chi connectivity index (χ2v) is 8.99. The molecular formula is C14H24N2O2S2. The molecule has 1 fully saturated rings. The van der Waals surface area contributed by atoms with Crippen LogP contribution in [0, 0.1) is 12.8 Å². The fourth-order valence-electron chi connectivity index (χ4n) is 2.09. The monoisotopic (exact) mass is 316 g/mol. The van der Waals surface area contributed by atoms with Crippen molar-refractivity contribution in [3.8, 4) is 0 Å². The Morgan fingerprint density at radius 3 is 2.75 bits per heavy atom. The number of hydrogen-bond acceptors (Lipinski definition) is 4. The highest BCUT2D eigenvalue weighted by atomic mass is 32.2. The van der Waals surface area contributed by atoms with E-state index in [0.717, 1.165) is 42.8 Å². The Balaban J connectivity index is 2.08. The molecule has 1 N–H and O–H groups in total. The summed E-state index contributed by atoms with van der Waals surface area (Å²) in [6.45, 7) is 6.48. The van der Waals surface area contributed by atoms with Crippen LogP contribution >= 0.6 is 11.3 Å². The average molecular weight is 316 g/mol. The number of thiophene rings is 1. The zero-order valence-electron chi connectivity index (χ0n) is 12.5. The van der Waals surface area contributed by atoms with E-state index >= 15 is 0 Å². The molecule has 20 heavy (non-hydrogen) atoms. The summed E-state index contributed by atoms with van der Waals surface area (Å²) in [7, 11) is -1.61. The van der Waals surface area contributed by atoms with Crippen molar-refractivity contribution in [1.82, 2.24) is 9.62 Å². The summed E-state index contributed by atoms with van der Waals surface area (Å²) in [4.78, 5) is 1.12. The third kappa shape index (κ3) is 3.81. The number of nitrogens with zero attached hydrogens (tertiary/aromatic N) is 1. The van der Waals surface area contributed by atoms with Gasteiger partial charge in [0, 0.05) is 25.0 Å². The molecule has 0 saturated heterocycles. The van der Waals surface area contributed by atoms with Crippen LogP contribution in [0.4, 0.5) is 0 Å². The van der Waals surface area contributed by atoms with Gasteiger partial charge in [-0.05, 0) is 50.3 Å². The molecule has 0 aliphatic heterocycles. The van der Waals surface area contributed by atoms with E-state index in [1.165, 1.54) is 15.6 Å². The molecule has 1 aliphatic rings. The van der Waals surface area contributed by atoms with Crippen LogP contribution in [-0.4, -0.2) is 32.9 Å². The van der Waals surface area contributed by atoms with Crippen molar-refractivity contribution in [2.24, 2.45) is 5.92 Å². The largest absolute Gasteiger partial charge is 0.312 e. The summed E-state index contributed by atoms with van der Waals surface area (Å²) in [6, 6.07) is 1.81. The molecule has 0 atom stereocenters. The second-order valence-electron chi connectivity index (χ2n) is 5.58. The van der Waals surface area contributed by atoms with E-state index in [0.29, 0.717) is 16.7 Å². The topological polar surface area (TPSA) is 49.4 Å². The van der Waals surface area contributed by atoms with Crippen LogP contribution in [-0.2, 0) is 16.6 Å². The van der Waals surface area contributed by atoms with Crippen molar-refractivity contribution in [3.05, 3.63) is 16.5 Å². The van der Waals surface area contributed by atoms with Crippen LogP contribution in [0.25, 0.3) is 0 Å². The summed E-state index contributed by atoms with van der Waals surface area (Å²) in [6.07, 6.45) is 3.41. The van der Waals surface area contributed by atoms with Crippen LogP contribution in [0.15, 0.2) is 10.3 Å². The molecule has 1 heterocycles. The minimum Gasteiger partial charge on any atom is -0.312 e. The molecule has 0 aromatic carbocycles. The maximum Gasteiger partial charge on any atom is 0.252 e. The fraction of sp³-hybridized carbons (Fsp3) is 0.714. The molecule has 1 saturated carbocycles. The van der Waals surface area contributed by atoms with Gasteiger partial charge in [-0.2, -0.15) is 4.31 Å². The molecule has 0 radical (unpaired) electrons. The summed E-state index contributed by atoms with van der Waals surface area (Å²) in [5.41, 5.74) is 1.07. The van der Waals surface area contributed by atoms with Gasteiger partial charge < -0.3 is 5.32 Å². The lowest BCUT2D eigenvalue weighted by Gasteiger charge is -2.15. The van der Waals surface area contributed by atoms with Crippen molar-refractivity contribution < 1.29 is 8.42 Å². The first-order chi connectivity index (χ1) is 9.45. The third-order valence-electron chi connectivity index (χ3n) is 3.59. The van der Waals surface area contributed by atoms with Gasteiger partial charge >= 0.3 is 0 Å². The number of nitrogens with one attached hydrogen (secondary N) is 1. The molecule has 4 nitrogen and oxygen atoms in total. The van der Waals surface area contributed by atoms with Crippen LogP contribution in [0.3, 0.4) is 0 Å². The van der Waals surface area contributed by atoms with Crippen molar-refractivity contribution in [2.45, 2.75) is 43.9 Å². The Labute approximate surface area is 126 Å². The van der Waals surface area contributed by atoms with Crippen LogP contribution in [0.2, 0.25) is 0 Å². The Morgan fingerprint density at radius 2 is 2.15 bits per heavy atom. The molecular weight excluding hydrogens is 292 g/mol. The quantitative estimate of drug-likeness (QED) is 0.750. The number of rotatable bonds is 8. The average Bonchev–Trinajstić information content (AvgIpc) is 3.12. The Bertz CT molecular complexity index is 548. The molecule has 0 unspecified atom stereocenters. The number of sulfonamides is 1. The predicted molar refractivity (Wildman–Crippen MR) is 83.6 cm³/mol. The van der Waals surface area contributed by atoms with E-state index in [2.05, 4.69) is 12.2 Å². The molecule has 1 aromatic rings. The molecule has 1 aliphatic carbocycles. The first-order valence-electron chi connectivity index (χ1n) is 7.21. The van der Waals surface area contributed by atoms with Gasteiger partial charge in [-0.25, -0.2) is 8.42 Å². The van der Waals surface area contributed by atoms with Crippen molar-refractivity contribution >= 4 is 21.4 Å². The predicted octanol–water partition coefficient (Wildman–Crippen LogP) is 2.59. The minimum absolute atomic E-state index is 0.478. The Hall–Kier alpha value is -0.430. The summed E-state index contributed by atoms with van der Waals surface area (Å²) >= 11 is 1.40. The van der Waals surface area contributed by atoms with Gasteiger partial charge in [-0.1, -0.05) is 6.92 Å². The van der Waals surface area contributed by atoms with Crippen molar-refractivity contribution in [2.75, 3.05) is 20.1 Å². The van der Waals surface area contributed by atoms with Crippen LogP contribution in [0.1, 0.15) is 36.6 Å². The summed E-state index contributed by atoms with van der Waals surface area (Å²) in [5.74, 6) is 0.571. The van der Waals surface area contributed by atoms with Gasteiger partial charge in [0.2, 0.25) is 0 Å². The van der Waals surface area contributed by atoms with E-state index in [1.54, 1.807) is 7.05 Å².